The van der Waals surface area contributed by atoms with Crippen LogP contribution in [-0.2, 0) is 14.9 Å². The van der Waals surface area contributed by atoms with Gasteiger partial charge in [-0.05, 0) is 17.7 Å². The van der Waals surface area contributed by atoms with E-state index in [2.05, 4.69) is 9.97 Å². The van der Waals surface area contributed by atoms with E-state index in [1.54, 1.807) is 23.2 Å². The van der Waals surface area contributed by atoms with Crippen LogP contribution in [0.4, 0.5) is 10.3 Å². The van der Waals surface area contributed by atoms with Crippen molar-refractivity contribution >= 4 is 16.2 Å². The van der Waals surface area contributed by atoms with Crippen molar-refractivity contribution in [1.29, 1.82) is 0 Å². The molecule has 0 saturated carbocycles. The smallest absolute Gasteiger partial charge is 0.281 e. The molecule has 3 rings (SSSR count). The fourth-order valence-electron chi connectivity index (χ4n) is 2.93. The summed E-state index contributed by atoms with van der Waals surface area (Å²) in [6.07, 6.45) is 1.10. The molecule has 0 aliphatic carbocycles. The third-order valence-electron chi connectivity index (χ3n) is 4.48. The van der Waals surface area contributed by atoms with Crippen molar-refractivity contribution in [2.45, 2.75) is 6.10 Å². The van der Waals surface area contributed by atoms with Gasteiger partial charge in [-0.3, -0.25) is 0 Å². The largest absolute Gasteiger partial charge is 0.369 e. The van der Waals surface area contributed by atoms with Crippen LogP contribution in [0.25, 0.3) is 11.1 Å². The zero-order valence-corrected chi connectivity index (χ0v) is 17.1. The third-order valence-corrected chi connectivity index (χ3v) is 6.39. The van der Waals surface area contributed by atoms with Gasteiger partial charge in [-0.15, -0.1) is 0 Å². The summed E-state index contributed by atoms with van der Waals surface area (Å²) in [6.45, 7) is 0.662. The van der Waals surface area contributed by atoms with Crippen molar-refractivity contribution in [1.82, 2.24) is 18.6 Å². The van der Waals surface area contributed by atoms with Crippen molar-refractivity contribution in [3.8, 4) is 11.1 Å². The van der Waals surface area contributed by atoms with Crippen LogP contribution in [0.15, 0.2) is 30.5 Å². The molecule has 0 bridgehead atoms. The van der Waals surface area contributed by atoms with Gasteiger partial charge in [-0.1, -0.05) is 12.1 Å². The minimum Gasteiger partial charge on any atom is -0.369 e. The first-order valence-electron chi connectivity index (χ1n) is 8.79. The maximum absolute atomic E-state index is 13.3. The number of nitrogens with zero attached hydrogens (tertiary/aromatic N) is 5. The molecule has 8 nitrogen and oxygen atoms in total. The first-order chi connectivity index (χ1) is 13.2. The molecule has 1 aromatic carbocycles. The number of benzene rings is 1. The molecule has 1 aliphatic rings. The maximum atomic E-state index is 13.3. The van der Waals surface area contributed by atoms with E-state index in [-0.39, 0.29) is 25.5 Å². The highest BCUT2D eigenvalue weighted by Crippen LogP contribution is 2.32. The van der Waals surface area contributed by atoms with Crippen molar-refractivity contribution in [2.75, 3.05) is 52.8 Å². The van der Waals surface area contributed by atoms with E-state index in [0.29, 0.717) is 17.2 Å². The average molecular weight is 409 g/mol. The van der Waals surface area contributed by atoms with E-state index < -0.39 is 16.3 Å². The van der Waals surface area contributed by atoms with E-state index in [0.717, 1.165) is 5.56 Å². The van der Waals surface area contributed by atoms with Gasteiger partial charge in [0.1, 0.15) is 11.9 Å². The predicted octanol–water partition coefficient (Wildman–Crippen LogP) is 1.53. The molecule has 0 N–H and O–H groups in total. The Balaban J connectivity index is 2.03. The molecule has 0 spiro atoms. The zero-order valence-electron chi connectivity index (χ0n) is 16.3. The van der Waals surface area contributed by atoms with Gasteiger partial charge in [-0.2, -0.15) is 17.0 Å². The highest BCUT2D eigenvalue weighted by molar-refractivity contribution is 7.86. The fraction of sp³-hybridized carbons (Fsp3) is 0.444. The van der Waals surface area contributed by atoms with Gasteiger partial charge in [0, 0.05) is 53.0 Å². The summed E-state index contributed by atoms with van der Waals surface area (Å²) in [4.78, 5) is 10.7. The highest BCUT2D eigenvalue weighted by atomic mass is 32.2. The summed E-state index contributed by atoms with van der Waals surface area (Å²) in [5.74, 6) is 0.144. The van der Waals surface area contributed by atoms with Crippen LogP contribution in [0, 0.1) is 5.82 Å². The van der Waals surface area contributed by atoms with Crippen molar-refractivity contribution < 1.29 is 17.5 Å². The quantitative estimate of drug-likeness (QED) is 0.745. The van der Waals surface area contributed by atoms with E-state index in [4.69, 9.17) is 4.74 Å². The normalized spacial score (nSPS) is 18.4. The Hall–Kier alpha value is -2.14. The molecular formula is C18H24FN5O3S. The molecule has 1 aromatic heterocycles. The van der Waals surface area contributed by atoms with Crippen LogP contribution >= 0.6 is 0 Å². The van der Waals surface area contributed by atoms with Crippen LogP contribution in [0.5, 0.6) is 0 Å². The van der Waals surface area contributed by atoms with Gasteiger partial charge in [0.15, 0.2) is 0 Å². The lowest BCUT2D eigenvalue weighted by atomic mass is 10.0. The first-order valence-corrected chi connectivity index (χ1v) is 10.2. The molecule has 1 saturated heterocycles. The predicted molar refractivity (Wildman–Crippen MR) is 105 cm³/mol. The summed E-state index contributed by atoms with van der Waals surface area (Å²) < 4.78 is 46.9. The second kappa shape index (κ2) is 8.08. The topological polar surface area (TPSA) is 78.9 Å². The average Bonchev–Trinajstić information content (AvgIpc) is 2.68. The number of rotatable bonds is 5. The van der Waals surface area contributed by atoms with Gasteiger partial charge >= 0.3 is 0 Å². The lowest BCUT2D eigenvalue weighted by molar-refractivity contribution is -0.00590. The Morgan fingerprint density at radius 3 is 2.46 bits per heavy atom. The van der Waals surface area contributed by atoms with Crippen LogP contribution in [-0.4, -0.2) is 74.9 Å². The van der Waals surface area contributed by atoms with Crippen LogP contribution in [0.2, 0.25) is 0 Å². The van der Waals surface area contributed by atoms with Gasteiger partial charge in [0.05, 0.1) is 12.3 Å². The van der Waals surface area contributed by atoms with E-state index in [9.17, 15) is 12.8 Å². The number of aromatic nitrogens is 2. The van der Waals surface area contributed by atoms with E-state index in [1.165, 1.54) is 34.8 Å². The van der Waals surface area contributed by atoms with Crippen molar-refractivity contribution in [3.05, 3.63) is 42.0 Å². The van der Waals surface area contributed by atoms with Crippen LogP contribution in [0.1, 0.15) is 11.8 Å². The second-order valence-electron chi connectivity index (χ2n) is 6.88. The number of hydrogen-bond acceptors (Lipinski definition) is 6. The minimum atomic E-state index is -3.57. The summed E-state index contributed by atoms with van der Waals surface area (Å²) in [5.41, 5.74) is 1.99. The van der Waals surface area contributed by atoms with Crippen LogP contribution in [0.3, 0.4) is 0 Å². The molecule has 28 heavy (non-hydrogen) atoms. The molecule has 1 unspecified atom stereocenters. The Kier molecular flexibility index (Phi) is 5.94. The Morgan fingerprint density at radius 2 is 1.86 bits per heavy atom. The van der Waals surface area contributed by atoms with Gasteiger partial charge in [0.25, 0.3) is 10.2 Å². The van der Waals surface area contributed by atoms with Crippen molar-refractivity contribution in [2.24, 2.45) is 0 Å². The second-order valence-corrected chi connectivity index (χ2v) is 9.02. The molecule has 0 amide bonds. The van der Waals surface area contributed by atoms with Gasteiger partial charge in [0.2, 0.25) is 5.95 Å². The molecule has 1 aliphatic heterocycles. The summed E-state index contributed by atoms with van der Waals surface area (Å²) in [7, 11) is 3.07. The first kappa shape index (κ1) is 20.6. The molecular weight excluding hydrogens is 385 g/mol. The minimum absolute atomic E-state index is 0.137. The third kappa shape index (κ3) is 4.14. The number of halogens is 1. The number of ether oxygens (including phenoxy) is 1. The van der Waals surface area contributed by atoms with Crippen LogP contribution < -0.4 is 4.90 Å². The molecule has 10 heteroatoms. The Labute approximate surface area is 164 Å². The highest BCUT2D eigenvalue weighted by Gasteiger charge is 2.33. The Morgan fingerprint density at radius 1 is 1.18 bits per heavy atom. The summed E-state index contributed by atoms with van der Waals surface area (Å²) in [5, 5.41) is 0. The summed E-state index contributed by atoms with van der Waals surface area (Å²) in [6, 6.07) is 6.01. The molecule has 152 valence electrons. The fourth-order valence-corrected chi connectivity index (χ4v) is 4.02. The maximum Gasteiger partial charge on any atom is 0.281 e. The standard InChI is InChI=1S/C18H24FN5O3S/c1-22(2)18-20-11-15(13-5-7-14(19)8-6-13)17(21-18)16-12-24(9-10-27-16)28(25,26)23(3)4/h5-8,11,16H,9-10,12H2,1-4H3. The van der Waals surface area contributed by atoms with Gasteiger partial charge in [-0.25, -0.2) is 14.4 Å². The SMILES string of the molecule is CN(C)c1ncc(-c2ccc(F)cc2)c(C2CN(S(=O)(=O)N(C)C)CCO2)n1. The molecule has 2 heterocycles. The lowest BCUT2D eigenvalue weighted by Gasteiger charge is -2.34. The lowest BCUT2D eigenvalue weighted by Crippen LogP contribution is -2.47. The molecule has 0 radical (unpaired) electrons. The zero-order chi connectivity index (χ0) is 20.5. The van der Waals surface area contributed by atoms with E-state index in [1.807, 2.05) is 14.1 Å². The van der Waals surface area contributed by atoms with E-state index >= 15 is 0 Å². The monoisotopic (exact) mass is 409 g/mol. The molecule has 1 fully saturated rings. The number of anilines is 1. The Bertz CT molecular complexity index is 935. The summed E-state index contributed by atoms with van der Waals surface area (Å²) >= 11 is 0. The van der Waals surface area contributed by atoms with Crippen molar-refractivity contribution in [3.63, 3.8) is 0 Å². The van der Waals surface area contributed by atoms with Gasteiger partial charge < -0.3 is 9.64 Å². The molecule has 1 atom stereocenters. The number of hydrogen-bond donors (Lipinski definition) is 0. The number of morpholine rings is 1. The molecule has 2 aromatic rings.